The zero-order valence-corrected chi connectivity index (χ0v) is 26.4. The summed E-state index contributed by atoms with van der Waals surface area (Å²) in [5.41, 5.74) is -0.553. The van der Waals surface area contributed by atoms with Crippen LogP contribution in [0, 0.1) is 11.3 Å². The molecule has 1 spiro atoms. The molecule has 3 heterocycles. The van der Waals surface area contributed by atoms with Gasteiger partial charge in [-0.15, -0.1) is 10.2 Å². The molecule has 2 aromatic rings. The van der Waals surface area contributed by atoms with Gasteiger partial charge in [0.15, 0.2) is 0 Å². The fraction of sp³-hybridized carbons (Fsp3) is 0.633. The summed E-state index contributed by atoms with van der Waals surface area (Å²) in [6.45, 7) is 11.4. The van der Waals surface area contributed by atoms with Crippen LogP contribution in [-0.2, 0) is 14.3 Å². The van der Waals surface area contributed by atoms with Crippen molar-refractivity contribution in [1.82, 2.24) is 25.7 Å². The van der Waals surface area contributed by atoms with Gasteiger partial charge >= 0.3 is 6.09 Å². The van der Waals surface area contributed by atoms with Crippen LogP contribution < -0.4 is 10.6 Å². The van der Waals surface area contributed by atoms with Crippen LogP contribution in [0.1, 0.15) is 76.5 Å². The number of nitrogens with zero attached hydrogens (tertiary/aromatic N) is 3. The Bertz CT molecular complexity index is 1340. The molecule has 3 amide bonds. The highest BCUT2D eigenvalue weighted by atomic mass is 35.5. The molecule has 3 aliphatic rings. The number of aromatic nitrogens is 2. The van der Waals surface area contributed by atoms with Crippen molar-refractivity contribution in [1.29, 1.82) is 0 Å². The van der Waals surface area contributed by atoms with Gasteiger partial charge in [-0.1, -0.05) is 55.0 Å². The van der Waals surface area contributed by atoms with Gasteiger partial charge in [-0.25, -0.2) is 4.79 Å². The molecule has 1 aromatic carbocycles. The third kappa shape index (κ3) is 6.43. The number of ether oxygens (including phenoxy) is 2. The van der Waals surface area contributed by atoms with E-state index in [0.29, 0.717) is 48.1 Å². The maximum absolute atomic E-state index is 13.8. The van der Waals surface area contributed by atoms with E-state index in [2.05, 4.69) is 34.7 Å². The van der Waals surface area contributed by atoms with Crippen molar-refractivity contribution < 1.29 is 23.9 Å². The van der Waals surface area contributed by atoms with Gasteiger partial charge in [-0.05, 0) is 64.4 Å². The Morgan fingerprint density at radius 3 is 2.60 bits per heavy atom. The van der Waals surface area contributed by atoms with Gasteiger partial charge in [0.2, 0.25) is 10.9 Å². The van der Waals surface area contributed by atoms with Crippen LogP contribution in [0.15, 0.2) is 24.3 Å². The van der Waals surface area contributed by atoms with Gasteiger partial charge in [-0.3, -0.25) is 9.59 Å². The Morgan fingerprint density at radius 1 is 1.14 bits per heavy atom. The first kappa shape index (κ1) is 30.7. The first-order valence-corrected chi connectivity index (χ1v) is 15.8. The lowest BCUT2D eigenvalue weighted by molar-refractivity contribution is -0.127. The first-order valence-electron chi connectivity index (χ1n) is 14.6. The number of benzene rings is 1. The molecule has 3 fully saturated rings. The highest BCUT2D eigenvalue weighted by Crippen LogP contribution is 2.54. The lowest BCUT2D eigenvalue weighted by atomic mass is 9.73. The quantitative estimate of drug-likeness (QED) is 0.480. The topological polar surface area (TPSA) is 123 Å². The number of rotatable bonds is 5. The standard InChI is InChI=1S/C30H40ClN5O5S/c1-28(2,3)41-27(39)36-13-8-9-18(17-36)32-23(37)20-15-30(29(4,5)12-14-40-30)16-22(20)33-24(38)26-35-34-25(42-26)19-10-6-7-11-21(19)31/h6-7,10-11,18,20,22H,8-9,12-17H2,1-5H3,(H,32,37)(H,33,38)/t18-,20-,22-,30-/m0/s1. The second-order valence-electron chi connectivity index (χ2n) is 13.2. The van der Waals surface area contributed by atoms with Crippen molar-refractivity contribution in [3.63, 3.8) is 0 Å². The van der Waals surface area contributed by atoms with Gasteiger partial charge < -0.3 is 25.0 Å². The Kier molecular flexibility index (Phi) is 8.57. The minimum absolute atomic E-state index is 0.145. The van der Waals surface area contributed by atoms with Gasteiger partial charge in [0, 0.05) is 37.3 Å². The number of carbonyl (C=O) groups is 3. The van der Waals surface area contributed by atoms with Crippen molar-refractivity contribution in [3.8, 4) is 10.6 Å². The van der Waals surface area contributed by atoms with Gasteiger partial charge in [0.1, 0.15) is 10.6 Å². The highest BCUT2D eigenvalue weighted by Gasteiger charge is 2.59. The summed E-state index contributed by atoms with van der Waals surface area (Å²) < 4.78 is 11.9. The van der Waals surface area contributed by atoms with Crippen LogP contribution >= 0.6 is 22.9 Å². The maximum Gasteiger partial charge on any atom is 0.410 e. The molecular formula is C30H40ClN5O5S. The zero-order chi connectivity index (χ0) is 30.3. The van der Waals surface area contributed by atoms with Gasteiger partial charge in [0.25, 0.3) is 5.91 Å². The Balaban J connectivity index is 1.30. The summed E-state index contributed by atoms with van der Waals surface area (Å²) in [5.74, 6) is -1.03. The molecule has 228 valence electrons. The molecule has 1 saturated carbocycles. The number of hydrogen-bond acceptors (Lipinski definition) is 8. The number of nitrogens with one attached hydrogen (secondary N) is 2. The van der Waals surface area contributed by atoms with Crippen molar-refractivity contribution in [3.05, 3.63) is 34.3 Å². The molecule has 2 saturated heterocycles. The van der Waals surface area contributed by atoms with E-state index < -0.39 is 23.2 Å². The predicted octanol–water partition coefficient (Wildman–Crippen LogP) is 5.07. The largest absolute Gasteiger partial charge is 0.444 e. The normalized spacial score (nSPS) is 27.2. The summed E-state index contributed by atoms with van der Waals surface area (Å²) >= 11 is 7.48. The van der Waals surface area contributed by atoms with Crippen LogP contribution in [0.2, 0.25) is 5.02 Å². The molecular weight excluding hydrogens is 578 g/mol. The number of piperidine rings is 1. The Labute approximate surface area is 255 Å². The molecule has 0 bridgehead atoms. The van der Waals surface area contributed by atoms with Crippen molar-refractivity contribution >= 4 is 40.8 Å². The molecule has 1 aromatic heterocycles. The smallest absolute Gasteiger partial charge is 0.410 e. The van der Waals surface area contributed by atoms with E-state index in [9.17, 15) is 14.4 Å². The molecule has 4 atom stereocenters. The van der Waals surface area contributed by atoms with E-state index in [4.69, 9.17) is 21.1 Å². The molecule has 2 N–H and O–H groups in total. The van der Waals surface area contributed by atoms with Crippen molar-refractivity contribution in [2.24, 2.45) is 11.3 Å². The van der Waals surface area contributed by atoms with Crippen LogP contribution in [0.3, 0.4) is 0 Å². The molecule has 2 aliphatic heterocycles. The fourth-order valence-corrected chi connectivity index (χ4v) is 7.35. The first-order chi connectivity index (χ1) is 19.8. The zero-order valence-electron chi connectivity index (χ0n) is 24.9. The van der Waals surface area contributed by atoms with Gasteiger partial charge in [0.05, 0.1) is 16.5 Å². The average Bonchev–Trinajstić information content (AvgIpc) is 3.61. The van der Waals surface area contributed by atoms with Crippen molar-refractivity contribution in [2.75, 3.05) is 19.7 Å². The summed E-state index contributed by atoms with van der Waals surface area (Å²) in [4.78, 5) is 41.6. The van der Waals surface area contributed by atoms with Crippen LogP contribution in [-0.4, -0.2) is 76.0 Å². The van der Waals surface area contributed by atoms with Crippen LogP contribution in [0.25, 0.3) is 10.6 Å². The summed E-state index contributed by atoms with van der Waals surface area (Å²) in [5, 5.41) is 15.9. The monoisotopic (exact) mass is 617 g/mol. The Morgan fingerprint density at radius 2 is 1.90 bits per heavy atom. The number of halogens is 1. The molecule has 0 unspecified atom stereocenters. The summed E-state index contributed by atoms with van der Waals surface area (Å²) in [6.07, 6.45) is 3.06. The third-order valence-electron chi connectivity index (χ3n) is 8.72. The Hall–Kier alpha value is -2.76. The second kappa shape index (κ2) is 11.7. The number of hydrogen-bond donors (Lipinski definition) is 2. The number of amides is 3. The molecule has 0 radical (unpaired) electrons. The van der Waals surface area contributed by atoms with Crippen molar-refractivity contribution in [2.45, 2.75) is 90.0 Å². The molecule has 5 rings (SSSR count). The van der Waals surface area contributed by atoms with E-state index in [1.807, 2.05) is 39.0 Å². The number of likely N-dealkylation sites (tertiary alicyclic amines) is 1. The lowest BCUT2D eigenvalue weighted by Crippen LogP contribution is -2.53. The van der Waals surface area contributed by atoms with E-state index in [1.54, 1.807) is 11.0 Å². The molecule has 12 heteroatoms. The van der Waals surface area contributed by atoms with E-state index >= 15 is 0 Å². The predicted molar refractivity (Wildman–Crippen MR) is 160 cm³/mol. The molecule has 42 heavy (non-hydrogen) atoms. The SMILES string of the molecule is CC(C)(C)OC(=O)N1CCC[C@H](NC(=O)[C@H]2C[C@@]3(C[C@@H]2NC(=O)c2nnc(-c4ccccc4Cl)s2)OCCC3(C)C)C1. The third-order valence-corrected chi connectivity index (χ3v) is 10.0. The molecule has 1 aliphatic carbocycles. The minimum atomic E-state index is -0.591. The van der Waals surface area contributed by atoms with E-state index in [0.717, 1.165) is 30.6 Å². The second-order valence-corrected chi connectivity index (χ2v) is 14.6. The van der Waals surface area contributed by atoms with E-state index in [1.165, 1.54) is 0 Å². The average molecular weight is 618 g/mol. The fourth-order valence-electron chi connectivity index (χ4n) is 6.28. The van der Waals surface area contributed by atoms with Crippen LogP contribution in [0.4, 0.5) is 4.79 Å². The lowest BCUT2D eigenvalue weighted by Gasteiger charge is -2.37. The molecule has 10 nitrogen and oxygen atoms in total. The van der Waals surface area contributed by atoms with E-state index in [-0.39, 0.29) is 34.4 Å². The maximum atomic E-state index is 13.8. The summed E-state index contributed by atoms with van der Waals surface area (Å²) in [7, 11) is 0. The van der Waals surface area contributed by atoms with Crippen LogP contribution in [0.5, 0.6) is 0 Å². The minimum Gasteiger partial charge on any atom is -0.444 e. The number of carbonyl (C=O) groups excluding carboxylic acids is 3. The highest BCUT2D eigenvalue weighted by molar-refractivity contribution is 7.16. The van der Waals surface area contributed by atoms with Gasteiger partial charge in [-0.2, -0.15) is 0 Å². The summed E-state index contributed by atoms with van der Waals surface area (Å²) in [6, 6.07) is 6.63.